The number of fused-ring (bicyclic) bond motifs is 1. The zero-order valence-corrected chi connectivity index (χ0v) is 11.3. The van der Waals surface area contributed by atoms with E-state index in [0.717, 1.165) is 47.2 Å². The minimum Gasteiger partial charge on any atom is -0.388 e. The minimum atomic E-state index is -0.412. The molecular weight excluding hydrogens is 226 g/mol. The second-order valence-electron chi connectivity index (χ2n) is 5.13. The summed E-state index contributed by atoms with van der Waals surface area (Å²) in [4.78, 5) is 11.4. The summed E-state index contributed by atoms with van der Waals surface area (Å²) in [5.41, 5.74) is 5.14. The zero-order valence-electron chi connectivity index (χ0n) is 11.3. The van der Waals surface area contributed by atoms with Crippen molar-refractivity contribution >= 4 is 11.6 Å². The third kappa shape index (κ3) is 2.27. The van der Waals surface area contributed by atoms with E-state index in [0.29, 0.717) is 6.42 Å². The molecule has 2 rings (SSSR count). The molecule has 3 heteroatoms. The van der Waals surface area contributed by atoms with Crippen molar-refractivity contribution < 1.29 is 9.90 Å². The molecule has 98 valence electrons. The van der Waals surface area contributed by atoms with E-state index in [4.69, 9.17) is 0 Å². The van der Waals surface area contributed by atoms with E-state index in [1.165, 1.54) is 0 Å². The molecule has 1 amide bonds. The Morgan fingerprint density at radius 1 is 1.39 bits per heavy atom. The molecule has 18 heavy (non-hydrogen) atoms. The van der Waals surface area contributed by atoms with Gasteiger partial charge in [0.25, 0.3) is 0 Å². The van der Waals surface area contributed by atoms with Crippen LogP contribution in [0.5, 0.6) is 0 Å². The van der Waals surface area contributed by atoms with Gasteiger partial charge in [0.05, 0.1) is 12.5 Å². The van der Waals surface area contributed by atoms with Gasteiger partial charge in [0.1, 0.15) is 0 Å². The monoisotopic (exact) mass is 247 g/mol. The molecule has 1 aliphatic heterocycles. The highest BCUT2D eigenvalue weighted by Crippen LogP contribution is 2.35. The molecule has 0 aromatic heterocycles. The molecule has 0 aliphatic carbocycles. The Kier molecular flexibility index (Phi) is 3.71. The van der Waals surface area contributed by atoms with E-state index < -0.39 is 6.10 Å². The third-order valence-electron chi connectivity index (χ3n) is 3.83. The van der Waals surface area contributed by atoms with Gasteiger partial charge in [0, 0.05) is 5.69 Å². The van der Waals surface area contributed by atoms with Crippen LogP contribution < -0.4 is 5.32 Å². The molecule has 1 aromatic carbocycles. The maximum absolute atomic E-state index is 11.4. The van der Waals surface area contributed by atoms with Gasteiger partial charge in [-0.3, -0.25) is 4.79 Å². The highest BCUT2D eigenvalue weighted by Gasteiger charge is 2.23. The molecule has 0 bridgehead atoms. The number of aliphatic hydroxyl groups excluding tert-OH is 1. The first kappa shape index (κ1) is 13.1. The molecule has 0 spiro atoms. The topological polar surface area (TPSA) is 49.3 Å². The Morgan fingerprint density at radius 3 is 2.78 bits per heavy atom. The first-order valence-corrected chi connectivity index (χ1v) is 6.65. The Labute approximate surface area is 108 Å². The largest absolute Gasteiger partial charge is 0.388 e. The summed E-state index contributed by atoms with van der Waals surface area (Å²) >= 11 is 0. The van der Waals surface area contributed by atoms with Crippen LogP contribution in [0.1, 0.15) is 54.5 Å². The van der Waals surface area contributed by atoms with E-state index >= 15 is 0 Å². The predicted molar refractivity (Wildman–Crippen MR) is 72.7 cm³/mol. The van der Waals surface area contributed by atoms with Gasteiger partial charge in [-0.15, -0.1) is 0 Å². The van der Waals surface area contributed by atoms with Gasteiger partial charge >= 0.3 is 0 Å². The highest BCUT2D eigenvalue weighted by molar-refractivity contribution is 6.00. The summed E-state index contributed by atoms with van der Waals surface area (Å²) in [6, 6.07) is 2.00. The summed E-state index contributed by atoms with van der Waals surface area (Å²) < 4.78 is 0. The quantitative estimate of drug-likeness (QED) is 0.859. The lowest BCUT2D eigenvalue weighted by atomic mass is 9.92. The van der Waals surface area contributed by atoms with Crippen LogP contribution >= 0.6 is 0 Å². The fourth-order valence-electron chi connectivity index (χ4n) is 2.58. The van der Waals surface area contributed by atoms with Crippen LogP contribution in [0.3, 0.4) is 0 Å². The molecule has 1 aromatic rings. The maximum atomic E-state index is 11.4. The SMILES string of the molecule is CCCCC(O)c1cc2c(c(C)c1C)NC(=O)C2. The lowest BCUT2D eigenvalue weighted by molar-refractivity contribution is -0.115. The smallest absolute Gasteiger partial charge is 0.228 e. The van der Waals surface area contributed by atoms with Gasteiger partial charge in [-0.2, -0.15) is 0 Å². The number of nitrogens with one attached hydrogen (secondary N) is 1. The average molecular weight is 247 g/mol. The van der Waals surface area contributed by atoms with Crippen LogP contribution in [-0.4, -0.2) is 11.0 Å². The molecule has 1 heterocycles. The molecular formula is C15H21NO2. The second kappa shape index (κ2) is 5.11. The molecule has 1 aliphatic rings. The minimum absolute atomic E-state index is 0.0488. The van der Waals surface area contributed by atoms with Gasteiger partial charge in [-0.25, -0.2) is 0 Å². The van der Waals surface area contributed by atoms with E-state index in [2.05, 4.69) is 12.2 Å². The van der Waals surface area contributed by atoms with Crippen molar-refractivity contribution in [3.63, 3.8) is 0 Å². The first-order valence-electron chi connectivity index (χ1n) is 6.65. The first-order chi connectivity index (χ1) is 8.54. The Hall–Kier alpha value is -1.35. The Morgan fingerprint density at radius 2 is 2.11 bits per heavy atom. The van der Waals surface area contributed by atoms with Crippen LogP contribution in [0.2, 0.25) is 0 Å². The molecule has 0 saturated carbocycles. The summed E-state index contributed by atoms with van der Waals surface area (Å²) in [5, 5.41) is 13.1. The normalized spacial score (nSPS) is 15.4. The molecule has 1 atom stereocenters. The number of unbranched alkanes of at least 4 members (excludes halogenated alkanes) is 1. The number of carbonyl (C=O) groups is 1. The maximum Gasteiger partial charge on any atom is 0.228 e. The zero-order chi connectivity index (χ0) is 13.3. The number of anilines is 1. The number of aliphatic hydroxyl groups is 1. The molecule has 2 N–H and O–H groups in total. The summed E-state index contributed by atoms with van der Waals surface area (Å²) in [6.45, 7) is 6.15. The van der Waals surface area contributed by atoms with E-state index in [9.17, 15) is 9.90 Å². The average Bonchev–Trinajstić information content (AvgIpc) is 2.71. The summed E-state index contributed by atoms with van der Waals surface area (Å²) in [6.07, 6.45) is 2.92. The van der Waals surface area contributed by atoms with E-state index in [1.54, 1.807) is 0 Å². The summed E-state index contributed by atoms with van der Waals surface area (Å²) in [7, 11) is 0. The van der Waals surface area contributed by atoms with Gasteiger partial charge in [-0.05, 0) is 42.5 Å². The van der Waals surface area contributed by atoms with Gasteiger partial charge in [0.15, 0.2) is 0 Å². The van der Waals surface area contributed by atoms with Gasteiger partial charge in [0.2, 0.25) is 5.91 Å². The molecule has 3 nitrogen and oxygen atoms in total. The van der Waals surface area contributed by atoms with Crippen LogP contribution in [0, 0.1) is 13.8 Å². The molecule has 1 unspecified atom stereocenters. The van der Waals surface area contributed by atoms with Crippen molar-refractivity contribution in [1.82, 2.24) is 0 Å². The lowest BCUT2D eigenvalue weighted by Gasteiger charge is -2.18. The van der Waals surface area contributed by atoms with Crippen molar-refractivity contribution in [2.75, 3.05) is 5.32 Å². The van der Waals surface area contributed by atoms with Crippen LogP contribution in [0.15, 0.2) is 6.07 Å². The number of benzene rings is 1. The van der Waals surface area contributed by atoms with E-state index in [1.807, 2.05) is 19.9 Å². The van der Waals surface area contributed by atoms with Crippen molar-refractivity contribution in [3.05, 3.63) is 28.3 Å². The number of carbonyl (C=O) groups excluding carboxylic acids is 1. The summed E-state index contributed by atoms with van der Waals surface area (Å²) in [5.74, 6) is 0.0488. The number of hydrogen-bond acceptors (Lipinski definition) is 2. The van der Waals surface area contributed by atoms with Crippen LogP contribution in [0.25, 0.3) is 0 Å². The fraction of sp³-hybridized carbons (Fsp3) is 0.533. The number of hydrogen-bond donors (Lipinski definition) is 2. The lowest BCUT2D eigenvalue weighted by Crippen LogP contribution is -2.05. The molecule has 0 radical (unpaired) electrons. The van der Waals surface area contributed by atoms with Crippen molar-refractivity contribution in [1.29, 1.82) is 0 Å². The number of rotatable bonds is 4. The predicted octanol–water partition coefficient (Wildman–Crippen LogP) is 3.02. The standard InChI is InChI=1S/C15H21NO2/c1-4-5-6-13(17)12-7-11-8-14(18)16-15(11)10(3)9(12)2/h7,13,17H,4-6,8H2,1-3H3,(H,16,18). The van der Waals surface area contributed by atoms with Gasteiger partial charge in [-0.1, -0.05) is 25.8 Å². The Balaban J connectivity index is 2.35. The van der Waals surface area contributed by atoms with Crippen LogP contribution in [0.4, 0.5) is 5.69 Å². The van der Waals surface area contributed by atoms with Crippen molar-refractivity contribution in [3.8, 4) is 0 Å². The van der Waals surface area contributed by atoms with Gasteiger partial charge < -0.3 is 10.4 Å². The highest BCUT2D eigenvalue weighted by atomic mass is 16.3. The Bertz CT molecular complexity index is 480. The molecule has 0 fully saturated rings. The van der Waals surface area contributed by atoms with Crippen molar-refractivity contribution in [2.45, 2.75) is 52.6 Å². The van der Waals surface area contributed by atoms with E-state index in [-0.39, 0.29) is 5.91 Å². The fourth-order valence-corrected chi connectivity index (χ4v) is 2.58. The van der Waals surface area contributed by atoms with Crippen LogP contribution in [-0.2, 0) is 11.2 Å². The molecule has 0 saturated heterocycles. The third-order valence-corrected chi connectivity index (χ3v) is 3.83. The number of amides is 1. The van der Waals surface area contributed by atoms with Crippen molar-refractivity contribution in [2.24, 2.45) is 0 Å². The second-order valence-corrected chi connectivity index (χ2v) is 5.13.